The first-order valence-electron chi connectivity index (χ1n) is 8.48. The zero-order valence-corrected chi connectivity index (χ0v) is 14.4. The van der Waals surface area contributed by atoms with E-state index in [0.717, 1.165) is 0 Å². The van der Waals surface area contributed by atoms with E-state index in [4.69, 9.17) is 0 Å². The van der Waals surface area contributed by atoms with Crippen LogP contribution in [0, 0.1) is 17.4 Å². The fraction of sp³-hybridized carbons (Fsp3) is 0.304. The number of allylic oxidation sites excluding steroid dienone is 4. The van der Waals surface area contributed by atoms with Gasteiger partial charge in [-0.1, -0.05) is 88.4 Å². The summed E-state index contributed by atoms with van der Waals surface area (Å²) in [6.45, 7) is 9.26. The largest absolute Gasteiger partial charge is 0.0679 e. The first kappa shape index (κ1) is 14.5. The Kier molecular flexibility index (Phi) is 2.97. The molecule has 115 valence electrons. The minimum absolute atomic E-state index is 0.0788. The van der Waals surface area contributed by atoms with Crippen LogP contribution < -0.4 is 0 Å². The van der Waals surface area contributed by atoms with Crippen molar-refractivity contribution in [2.75, 3.05) is 0 Å². The summed E-state index contributed by atoms with van der Waals surface area (Å²) in [7, 11) is 0. The molecule has 0 aliphatic heterocycles. The van der Waals surface area contributed by atoms with Gasteiger partial charge in [0.25, 0.3) is 0 Å². The molecular formula is C23H23. The second-order valence-corrected chi connectivity index (χ2v) is 7.76. The zero-order valence-electron chi connectivity index (χ0n) is 14.4. The quantitative estimate of drug-likeness (QED) is 0.666. The molecule has 0 saturated carbocycles. The van der Waals surface area contributed by atoms with Gasteiger partial charge in [-0.2, -0.15) is 0 Å². The Morgan fingerprint density at radius 2 is 1.30 bits per heavy atom. The van der Waals surface area contributed by atoms with Crippen molar-refractivity contribution < 1.29 is 0 Å². The molecule has 0 N–H and O–H groups in total. The lowest BCUT2D eigenvalue weighted by atomic mass is 9.52. The third-order valence-corrected chi connectivity index (χ3v) is 5.26. The molecule has 1 unspecified atom stereocenters. The topological polar surface area (TPSA) is 0 Å². The van der Waals surface area contributed by atoms with Crippen molar-refractivity contribution >= 4 is 0 Å². The minimum atomic E-state index is -0.0788. The van der Waals surface area contributed by atoms with E-state index in [1.165, 1.54) is 22.3 Å². The average molecular weight is 299 g/mol. The summed E-state index contributed by atoms with van der Waals surface area (Å²) < 4.78 is 0. The molecule has 5 rings (SSSR count). The van der Waals surface area contributed by atoms with Crippen molar-refractivity contribution in [2.45, 2.75) is 33.1 Å². The van der Waals surface area contributed by atoms with Gasteiger partial charge in [0.05, 0.1) is 5.41 Å². The Morgan fingerprint density at radius 1 is 0.826 bits per heavy atom. The first-order valence-corrected chi connectivity index (χ1v) is 8.48. The Labute approximate surface area is 139 Å². The van der Waals surface area contributed by atoms with Gasteiger partial charge in [0, 0.05) is 5.92 Å². The van der Waals surface area contributed by atoms with Gasteiger partial charge in [0.15, 0.2) is 0 Å². The van der Waals surface area contributed by atoms with Crippen LogP contribution in [0.1, 0.15) is 38.8 Å². The number of rotatable bonds is 2. The molecular weight excluding hydrogens is 276 g/mol. The second-order valence-electron chi connectivity index (χ2n) is 7.76. The summed E-state index contributed by atoms with van der Waals surface area (Å²) in [5.74, 6) is 0.402. The van der Waals surface area contributed by atoms with Crippen molar-refractivity contribution in [3.05, 3.63) is 94.6 Å². The van der Waals surface area contributed by atoms with Gasteiger partial charge in [0.2, 0.25) is 0 Å². The van der Waals surface area contributed by atoms with Gasteiger partial charge in [-0.3, -0.25) is 0 Å². The van der Waals surface area contributed by atoms with Crippen LogP contribution in [0.2, 0.25) is 0 Å². The summed E-state index contributed by atoms with van der Waals surface area (Å²) in [6.07, 6.45) is 3.78. The van der Waals surface area contributed by atoms with Crippen LogP contribution >= 0.6 is 0 Å². The van der Waals surface area contributed by atoms with E-state index >= 15 is 0 Å². The maximum Gasteiger partial charge on any atom is 0.0679 e. The van der Waals surface area contributed by atoms with Crippen LogP contribution in [0.3, 0.4) is 0 Å². The molecule has 2 aromatic rings. The molecule has 0 nitrogen and oxygen atoms in total. The number of fused-ring (bicyclic) bond motifs is 1. The van der Waals surface area contributed by atoms with Crippen LogP contribution in [0.5, 0.6) is 0 Å². The molecule has 2 aromatic carbocycles. The van der Waals surface area contributed by atoms with Gasteiger partial charge in [-0.25, -0.2) is 0 Å². The molecule has 2 bridgehead atoms. The van der Waals surface area contributed by atoms with Gasteiger partial charge in [0.1, 0.15) is 0 Å². The van der Waals surface area contributed by atoms with Crippen LogP contribution in [-0.2, 0) is 5.41 Å². The van der Waals surface area contributed by atoms with E-state index in [1.54, 1.807) is 5.57 Å². The zero-order chi connectivity index (χ0) is 16.2. The third kappa shape index (κ3) is 1.78. The van der Waals surface area contributed by atoms with Crippen molar-refractivity contribution in [3.63, 3.8) is 0 Å². The monoisotopic (exact) mass is 299 g/mol. The maximum absolute atomic E-state index is 3.78. The molecule has 1 atom stereocenters. The summed E-state index contributed by atoms with van der Waals surface area (Å²) >= 11 is 0. The van der Waals surface area contributed by atoms with Gasteiger partial charge < -0.3 is 0 Å². The van der Waals surface area contributed by atoms with E-state index in [-0.39, 0.29) is 10.8 Å². The predicted molar refractivity (Wildman–Crippen MR) is 96.1 cm³/mol. The minimum Gasteiger partial charge on any atom is -0.0622 e. The Balaban J connectivity index is 2.03. The number of hydrogen-bond donors (Lipinski definition) is 0. The highest BCUT2D eigenvalue weighted by Gasteiger charge is 2.59. The molecule has 0 heteroatoms. The van der Waals surface area contributed by atoms with Crippen LogP contribution in [0.25, 0.3) is 0 Å². The summed E-state index contributed by atoms with van der Waals surface area (Å²) in [6, 6.07) is 21.9. The highest BCUT2D eigenvalue weighted by Crippen LogP contribution is 2.67. The van der Waals surface area contributed by atoms with Crippen molar-refractivity contribution in [1.82, 2.24) is 0 Å². The van der Waals surface area contributed by atoms with Crippen LogP contribution in [0.15, 0.2) is 77.4 Å². The Morgan fingerprint density at radius 3 is 1.65 bits per heavy atom. The molecule has 0 aromatic heterocycles. The molecule has 23 heavy (non-hydrogen) atoms. The molecule has 3 aliphatic rings. The van der Waals surface area contributed by atoms with Gasteiger partial charge >= 0.3 is 0 Å². The molecule has 0 heterocycles. The Hall–Kier alpha value is -2.08. The van der Waals surface area contributed by atoms with Gasteiger partial charge in [-0.05, 0) is 39.3 Å². The number of hydrogen-bond acceptors (Lipinski definition) is 0. The molecule has 0 saturated heterocycles. The molecule has 1 radical (unpaired) electrons. The summed E-state index contributed by atoms with van der Waals surface area (Å²) in [5.41, 5.74) is 7.34. The van der Waals surface area contributed by atoms with E-state index in [2.05, 4.69) is 94.4 Å². The molecule has 3 aliphatic carbocycles. The SMILES string of the molecule is CC1[C]=C2C(C(C)(C)C)=C1C2(c1ccccc1)c1ccccc1. The van der Waals surface area contributed by atoms with Crippen LogP contribution in [0.4, 0.5) is 0 Å². The van der Waals surface area contributed by atoms with Gasteiger partial charge in [-0.15, -0.1) is 0 Å². The molecule has 0 spiro atoms. The third-order valence-electron chi connectivity index (χ3n) is 5.26. The first-order chi connectivity index (χ1) is 11.0. The lowest BCUT2D eigenvalue weighted by Gasteiger charge is -2.50. The smallest absolute Gasteiger partial charge is 0.0622 e. The highest BCUT2D eigenvalue weighted by atomic mass is 14.6. The fourth-order valence-corrected chi connectivity index (χ4v) is 4.51. The van der Waals surface area contributed by atoms with Crippen molar-refractivity contribution in [2.24, 2.45) is 11.3 Å². The lowest BCUT2D eigenvalue weighted by molar-refractivity contribution is 0.448. The van der Waals surface area contributed by atoms with E-state index in [1.807, 2.05) is 0 Å². The number of benzene rings is 2. The average Bonchev–Trinajstić information content (AvgIpc) is 3.02. The standard InChI is InChI=1S/C23H23/c1-16-15-19-21(22(2,3)4)20(16)23(19,17-11-7-5-8-12-17)18-13-9-6-10-14-18/h5-14,16H,1-4H3. The second kappa shape index (κ2) is 4.71. The fourth-order valence-electron chi connectivity index (χ4n) is 4.51. The van der Waals surface area contributed by atoms with E-state index < -0.39 is 0 Å². The van der Waals surface area contributed by atoms with E-state index in [9.17, 15) is 0 Å². The molecule has 0 fully saturated rings. The van der Waals surface area contributed by atoms with Crippen molar-refractivity contribution in [3.8, 4) is 0 Å². The summed E-state index contributed by atoms with van der Waals surface area (Å²) in [4.78, 5) is 0. The van der Waals surface area contributed by atoms with Crippen LogP contribution in [-0.4, -0.2) is 0 Å². The normalized spacial score (nSPS) is 21.9. The highest BCUT2D eigenvalue weighted by molar-refractivity contribution is 5.77. The predicted octanol–water partition coefficient (Wildman–Crippen LogP) is 5.71. The summed E-state index contributed by atoms with van der Waals surface area (Å²) in [5, 5.41) is 0. The molecule has 0 amide bonds. The van der Waals surface area contributed by atoms with Crippen molar-refractivity contribution in [1.29, 1.82) is 0 Å². The lowest BCUT2D eigenvalue weighted by Crippen LogP contribution is -2.43. The van der Waals surface area contributed by atoms with E-state index in [0.29, 0.717) is 5.92 Å². The maximum atomic E-state index is 3.78. The Bertz CT molecular complexity index is 759.